The zero-order valence-electron chi connectivity index (χ0n) is 12.7. The van der Waals surface area contributed by atoms with Crippen LogP contribution in [0.2, 0.25) is 0 Å². The normalized spacial score (nSPS) is 29.1. The van der Waals surface area contributed by atoms with Crippen LogP contribution in [0.1, 0.15) is 22.3 Å². The van der Waals surface area contributed by atoms with Gasteiger partial charge in [-0.05, 0) is 12.4 Å². The molecule has 2 rings (SSSR count). The summed E-state index contributed by atoms with van der Waals surface area (Å²) >= 11 is 0. The number of hydrogen-bond donors (Lipinski definition) is 2. The SMILES string of the molecule is [2H]C([2H])([2H])c1cn([C@H]2C[C@@H](N=[N+]=[N-])[C@@H](CO)O2)c(=O)[nH]c1=O. The lowest BCUT2D eigenvalue weighted by Crippen LogP contribution is -2.33. The molecule has 1 aromatic heterocycles. The highest BCUT2D eigenvalue weighted by Gasteiger charge is 2.35. The number of nitrogens with zero attached hydrogens (tertiary/aromatic N) is 4. The highest BCUT2D eigenvalue weighted by molar-refractivity contribution is 5.02. The molecule has 0 bridgehead atoms. The first-order chi connectivity index (χ1) is 10.3. The van der Waals surface area contributed by atoms with E-state index in [0.29, 0.717) is 0 Å². The van der Waals surface area contributed by atoms with Gasteiger partial charge in [0.25, 0.3) is 5.56 Å². The summed E-state index contributed by atoms with van der Waals surface area (Å²) in [6.07, 6.45) is -0.776. The molecule has 2 heterocycles. The van der Waals surface area contributed by atoms with Crippen LogP contribution in [0.4, 0.5) is 0 Å². The van der Waals surface area contributed by atoms with Crippen LogP contribution in [0.5, 0.6) is 0 Å². The van der Waals surface area contributed by atoms with Crippen LogP contribution < -0.4 is 11.2 Å². The maximum absolute atomic E-state index is 11.8. The van der Waals surface area contributed by atoms with Crippen LogP contribution >= 0.6 is 0 Å². The van der Waals surface area contributed by atoms with Gasteiger partial charge in [-0.3, -0.25) is 14.3 Å². The van der Waals surface area contributed by atoms with Crippen molar-refractivity contribution in [2.24, 2.45) is 5.11 Å². The molecule has 0 amide bonds. The molecule has 0 radical (unpaired) electrons. The fraction of sp³-hybridized carbons (Fsp3) is 0.600. The molecule has 0 unspecified atom stereocenters. The zero-order chi connectivity index (χ0) is 16.5. The van der Waals surface area contributed by atoms with E-state index in [-0.39, 0.29) is 6.42 Å². The molecule has 102 valence electrons. The second kappa shape index (κ2) is 5.27. The summed E-state index contributed by atoms with van der Waals surface area (Å²) in [5.41, 5.74) is 6.08. The van der Waals surface area contributed by atoms with E-state index in [9.17, 15) is 14.7 Å². The third-order valence-corrected chi connectivity index (χ3v) is 2.86. The van der Waals surface area contributed by atoms with Gasteiger partial charge in [0.2, 0.25) is 0 Å². The lowest BCUT2D eigenvalue weighted by Gasteiger charge is -2.14. The molecule has 1 fully saturated rings. The quantitative estimate of drug-likeness (QED) is 0.447. The van der Waals surface area contributed by atoms with Gasteiger partial charge in [0.1, 0.15) is 6.23 Å². The average Bonchev–Trinajstić information content (AvgIpc) is 2.80. The van der Waals surface area contributed by atoms with Gasteiger partial charge in [-0.25, -0.2) is 4.79 Å². The summed E-state index contributed by atoms with van der Waals surface area (Å²) in [6.45, 7) is -3.12. The maximum Gasteiger partial charge on any atom is 0.330 e. The summed E-state index contributed by atoms with van der Waals surface area (Å²) in [6, 6.07) is -0.699. The van der Waals surface area contributed by atoms with Crippen molar-refractivity contribution in [2.45, 2.75) is 31.6 Å². The summed E-state index contributed by atoms with van der Waals surface area (Å²) in [4.78, 5) is 28.0. The van der Waals surface area contributed by atoms with Crippen LogP contribution in [0.25, 0.3) is 10.4 Å². The number of aromatic amines is 1. The molecule has 0 spiro atoms. The molecule has 2 N–H and O–H groups in total. The molecule has 1 saturated heterocycles. The number of aliphatic hydroxyl groups is 1. The van der Waals surface area contributed by atoms with E-state index in [2.05, 4.69) is 10.0 Å². The maximum atomic E-state index is 11.8. The fourth-order valence-electron chi connectivity index (χ4n) is 1.94. The number of azide groups is 1. The van der Waals surface area contributed by atoms with Crippen LogP contribution in [0, 0.1) is 6.85 Å². The Morgan fingerprint density at radius 3 is 3.21 bits per heavy atom. The van der Waals surface area contributed by atoms with Crippen LogP contribution in [0.3, 0.4) is 0 Å². The molecular formula is C10H13N5O4. The number of aryl methyl sites for hydroxylation is 1. The van der Waals surface area contributed by atoms with Crippen molar-refractivity contribution in [1.82, 2.24) is 9.55 Å². The molecule has 0 saturated carbocycles. The van der Waals surface area contributed by atoms with E-state index in [4.69, 9.17) is 14.4 Å². The number of rotatable bonds is 3. The molecule has 0 aliphatic carbocycles. The molecule has 0 aromatic carbocycles. The van der Waals surface area contributed by atoms with E-state index in [1.54, 1.807) is 0 Å². The van der Waals surface area contributed by atoms with Gasteiger partial charge in [0.05, 0.1) is 18.8 Å². The third-order valence-electron chi connectivity index (χ3n) is 2.86. The molecule has 1 aromatic rings. The summed E-state index contributed by atoms with van der Waals surface area (Å²) in [5, 5.41) is 12.6. The Bertz CT molecular complexity index is 720. The first-order valence-electron chi connectivity index (χ1n) is 6.94. The standard InChI is InChI=1S/C10H13N5O4/c1-5-3-15(10(18)12-9(5)17)8-2-6(13-14-11)7(4-16)19-8/h3,6-8,16H,2,4H2,1H3,(H,12,17,18)/t6-,7-,8-/m1/s1/i1D3. The van der Waals surface area contributed by atoms with Gasteiger partial charge in [0, 0.05) is 27.2 Å². The highest BCUT2D eigenvalue weighted by atomic mass is 16.5. The van der Waals surface area contributed by atoms with E-state index in [0.717, 1.165) is 10.8 Å². The number of aromatic nitrogens is 2. The predicted molar refractivity (Wildman–Crippen MR) is 64.6 cm³/mol. The molecule has 1 aliphatic rings. The van der Waals surface area contributed by atoms with E-state index >= 15 is 0 Å². The van der Waals surface area contributed by atoms with E-state index in [1.807, 2.05) is 4.98 Å². The average molecular weight is 270 g/mol. The van der Waals surface area contributed by atoms with Gasteiger partial charge in [-0.1, -0.05) is 5.11 Å². The topological polar surface area (TPSA) is 133 Å². The summed E-state index contributed by atoms with van der Waals surface area (Å²) < 4.78 is 28.2. The summed E-state index contributed by atoms with van der Waals surface area (Å²) in [7, 11) is 0. The highest BCUT2D eigenvalue weighted by Crippen LogP contribution is 2.29. The van der Waals surface area contributed by atoms with Gasteiger partial charge in [-0.15, -0.1) is 0 Å². The Morgan fingerprint density at radius 2 is 2.58 bits per heavy atom. The van der Waals surface area contributed by atoms with Gasteiger partial charge >= 0.3 is 5.69 Å². The molecular weight excluding hydrogens is 254 g/mol. The first-order valence-corrected chi connectivity index (χ1v) is 5.44. The van der Waals surface area contributed by atoms with Gasteiger partial charge < -0.3 is 9.84 Å². The largest absolute Gasteiger partial charge is 0.394 e. The number of nitrogens with one attached hydrogen (secondary N) is 1. The lowest BCUT2D eigenvalue weighted by atomic mass is 10.1. The number of H-pyrrole nitrogens is 1. The monoisotopic (exact) mass is 270 g/mol. The van der Waals surface area contributed by atoms with Crippen LogP contribution in [0.15, 0.2) is 20.9 Å². The van der Waals surface area contributed by atoms with Crippen molar-refractivity contribution in [3.05, 3.63) is 43.0 Å². The van der Waals surface area contributed by atoms with Crippen molar-refractivity contribution in [3.63, 3.8) is 0 Å². The molecule has 1 aliphatic heterocycles. The first kappa shape index (κ1) is 9.79. The Hall–Kier alpha value is -2.09. The van der Waals surface area contributed by atoms with Crippen molar-refractivity contribution in [2.75, 3.05) is 6.61 Å². The number of aliphatic hydroxyl groups excluding tert-OH is 1. The Kier molecular flexibility index (Phi) is 2.71. The molecule has 9 heteroatoms. The molecule has 9 nitrogen and oxygen atoms in total. The van der Waals surface area contributed by atoms with E-state index < -0.39 is 48.6 Å². The van der Waals surface area contributed by atoms with Crippen molar-refractivity contribution < 1.29 is 14.0 Å². The minimum Gasteiger partial charge on any atom is -0.394 e. The van der Waals surface area contributed by atoms with Crippen molar-refractivity contribution >= 4 is 0 Å². The zero-order valence-corrected chi connectivity index (χ0v) is 9.68. The fourth-order valence-corrected chi connectivity index (χ4v) is 1.94. The smallest absolute Gasteiger partial charge is 0.330 e. The van der Waals surface area contributed by atoms with Crippen LogP contribution in [-0.4, -0.2) is 33.4 Å². The van der Waals surface area contributed by atoms with Gasteiger partial charge in [0.15, 0.2) is 0 Å². The molecule has 19 heavy (non-hydrogen) atoms. The Morgan fingerprint density at radius 1 is 1.79 bits per heavy atom. The minimum atomic E-state index is -2.69. The molecule has 3 atom stereocenters. The lowest BCUT2D eigenvalue weighted by molar-refractivity contribution is -0.0271. The van der Waals surface area contributed by atoms with E-state index in [1.165, 1.54) is 0 Å². The number of hydrogen-bond acceptors (Lipinski definition) is 5. The predicted octanol–water partition coefficient (Wildman–Crippen LogP) is -0.196. The Labute approximate surface area is 111 Å². The van der Waals surface area contributed by atoms with Gasteiger partial charge in [-0.2, -0.15) is 0 Å². The second-order valence-electron chi connectivity index (χ2n) is 4.03. The third kappa shape index (κ3) is 2.53. The minimum absolute atomic E-state index is 0.0711. The second-order valence-corrected chi connectivity index (χ2v) is 4.03. The van der Waals surface area contributed by atoms with Crippen molar-refractivity contribution in [1.29, 1.82) is 0 Å². The Balaban J connectivity index is 2.44. The number of ether oxygens (including phenoxy) is 1. The summed E-state index contributed by atoms with van der Waals surface area (Å²) in [5.74, 6) is 0. The van der Waals surface area contributed by atoms with Crippen LogP contribution in [-0.2, 0) is 4.74 Å². The van der Waals surface area contributed by atoms with Crippen molar-refractivity contribution in [3.8, 4) is 0 Å².